The number of pyridine rings is 3. The Morgan fingerprint density at radius 2 is 2.12 bits per heavy atom. The Kier molecular flexibility index (Phi) is 3.60. The molecule has 1 fully saturated rings. The van der Waals surface area contributed by atoms with Crippen LogP contribution in [0.4, 0.5) is 11.6 Å². The second-order valence-corrected chi connectivity index (χ2v) is 6.68. The number of nitrogens with one attached hydrogen (secondary N) is 1. The normalized spacial score (nSPS) is 19.0. The van der Waals surface area contributed by atoms with Crippen molar-refractivity contribution in [1.82, 2.24) is 15.0 Å². The zero-order valence-electron chi connectivity index (χ0n) is 14.2. The molecule has 0 aliphatic heterocycles. The number of nitrogen functional groups attached to an aromatic ring is 1. The van der Waals surface area contributed by atoms with Crippen LogP contribution in [0.2, 0.25) is 0 Å². The summed E-state index contributed by atoms with van der Waals surface area (Å²) in [5.41, 5.74) is 8.88. The first kappa shape index (κ1) is 15.5. The maximum absolute atomic E-state index is 12.1. The van der Waals surface area contributed by atoms with Gasteiger partial charge in [-0.2, -0.15) is 0 Å². The Hall–Kier alpha value is -3.02. The van der Waals surface area contributed by atoms with Crippen molar-refractivity contribution in [3.8, 4) is 11.3 Å². The van der Waals surface area contributed by atoms with Crippen LogP contribution in [0.25, 0.3) is 22.0 Å². The van der Waals surface area contributed by atoms with Gasteiger partial charge in [0.2, 0.25) is 5.91 Å². The van der Waals surface area contributed by atoms with E-state index in [0.717, 1.165) is 34.0 Å². The summed E-state index contributed by atoms with van der Waals surface area (Å²) in [5.74, 6) is 1.55. The lowest BCUT2D eigenvalue weighted by atomic mass is 10.1. The minimum atomic E-state index is 0.0321. The molecule has 4 rings (SSSR count). The molecular formula is C19H19N5O. The summed E-state index contributed by atoms with van der Waals surface area (Å²) in [4.78, 5) is 25.1. The molecule has 3 N–H and O–H groups in total. The highest BCUT2D eigenvalue weighted by molar-refractivity contribution is 5.98. The first-order valence-corrected chi connectivity index (χ1v) is 8.31. The maximum Gasteiger partial charge on any atom is 0.228 e. The second kappa shape index (κ2) is 5.81. The summed E-state index contributed by atoms with van der Waals surface area (Å²) in [5, 5.41) is 4.55. The molecule has 0 unspecified atom stereocenters. The lowest BCUT2D eigenvalue weighted by Gasteiger charge is -2.10. The second-order valence-electron chi connectivity index (χ2n) is 6.68. The van der Waals surface area contributed by atoms with Crippen LogP contribution < -0.4 is 11.1 Å². The van der Waals surface area contributed by atoms with E-state index < -0.39 is 0 Å². The van der Waals surface area contributed by atoms with E-state index >= 15 is 0 Å². The third-order valence-corrected chi connectivity index (χ3v) is 4.76. The van der Waals surface area contributed by atoms with Crippen molar-refractivity contribution in [1.29, 1.82) is 0 Å². The van der Waals surface area contributed by atoms with Crippen molar-refractivity contribution in [3.63, 3.8) is 0 Å². The first-order chi connectivity index (χ1) is 12.0. The van der Waals surface area contributed by atoms with Gasteiger partial charge in [0.25, 0.3) is 0 Å². The third kappa shape index (κ3) is 2.91. The summed E-state index contributed by atoms with van der Waals surface area (Å²) in [6.45, 7) is 4.08. The highest BCUT2D eigenvalue weighted by atomic mass is 16.2. The number of nitrogens with two attached hydrogens (primary N) is 1. The highest BCUT2D eigenvalue weighted by Gasteiger charge is 2.39. The first-order valence-electron chi connectivity index (χ1n) is 8.31. The number of hydrogen-bond acceptors (Lipinski definition) is 5. The standard InChI is InChI=1S/C19H19N5O/c1-10-3-4-21-8-14(10)16-6-12-7-17(22-9-15(12)18(20)23-16)24-19(25)13-5-11(13)2/h3-4,6-9,11,13H,5H2,1-2H3,(H2,20,23)(H,22,24,25)/t11-,13+/m1/s1. The zero-order valence-corrected chi connectivity index (χ0v) is 14.2. The molecule has 1 aliphatic rings. The van der Waals surface area contributed by atoms with Gasteiger partial charge >= 0.3 is 0 Å². The Morgan fingerprint density at radius 1 is 1.32 bits per heavy atom. The van der Waals surface area contributed by atoms with Crippen molar-refractivity contribution in [2.75, 3.05) is 11.1 Å². The van der Waals surface area contributed by atoms with E-state index in [9.17, 15) is 4.79 Å². The Balaban J connectivity index is 1.73. The van der Waals surface area contributed by atoms with E-state index in [1.165, 1.54) is 0 Å². The minimum absolute atomic E-state index is 0.0321. The van der Waals surface area contributed by atoms with Crippen LogP contribution in [0.1, 0.15) is 18.9 Å². The fraction of sp³-hybridized carbons (Fsp3) is 0.263. The van der Waals surface area contributed by atoms with E-state index in [1.807, 2.05) is 25.1 Å². The van der Waals surface area contributed by atoms with Crippen LogP contribution in [0.15, 0.2) is 36.8 Å². The molecule has 0 radical (unpaired) electrons. The third-order valence-electron chi connectivity index (χ3n) is 4.76. The van der Waals surface area contributed by atoms with Crippen molar-refractivity contribution in [2.45, 2.75) is 20.3 Å². The van der Waals surface area contributed by atoms with Gasteiger partial charge in [-0.1, -0.05) is 6.92 Å². The molecule has 0 bridgehead atoms. The van der Waals surface area contributed by atoms with Crippen LogP contribution in [0.3, 0.4) is 0 Å². The van der Waals surface area contributed by atoms with Gasteiger partial charge in [-0.05, 0) is 48.4 Å². The summed E-state index contributed by atoms with van der Waals surface area (Å²) < 4.78 is 0. The van der Waals surface area contributed by atoms with Crippen LogP contribution in [-0.2, 0) is 4.79 Å². The average Bonchev–Trinajstić information content (AvgIpc) is 3.32. The largest absolute Gasteiger partial charge is 0.383 e. The highest BCUT2D eigenvalue weighted by Crippen LogP contribution is 2.38. The van der Waals surface area contributed by atoms with Crippen LogP contribution in [0, 0.1) is 18.8 Å². The fourth-order valence-corrected chi connectivity index (χ4v) is 3.02. The number of nitrogens with zero attached hydrogens (tertiary/aromatic N) is 3. The molecule has 1 aliphatic carbocycles. The molecule has 6 heteroatoms. The van der Waals surface area contributed by atoms with E-state index in [-0.39, 0.29) is 11.8 Å². The lowest BCUT2D eigenvalue weighted by molar-refractivity contribution is -0.117. The Labute approximate surface area is 145 Å². The Bertz CT molecular complexity index is 985. The van der Waals surface area contributed by atoms with Gasteiger partial charge in [0.15, 0.2) is 0 Å². The quantitative estimate of drug-likeness (QED) is 0.768. The van der Waals surface area contributed by atoms with Gasteiger partial charge < -0.3 is 11.1 Å². The van der Waals surface area contributed by atoms with Crippen LogP contribution in [-0.4, -0.2) is 20.9 Å². The molecular weight excluding hydrogens is 314 g/mol. The molecule has 3 aromatic rings. The van der Waals surface area contributed by atoms with Crippen LogP contribution >= 0.6 is 0 Å². The van der Waals surface area contributed by atoms with Gasteiger partial charge in [-0.3, -0.25) is 9.78 Å². The zero-order chi connectivity index (χ0) is 17.6. The molecule has 3 aromatic heterocycles. The summed E-state index contributed by atoms with van der Waals surface area (Å²) in [6, 6.07) is 5.73. The Morgan fingerprint density at radius 3 is 2.84 bits per heavy atom. The van der Waals surface area contributed by atoms with Gasteiger partial charge in [0.1, 0.15) is 11.6 Å². The average molecular weight is 333 g/mol. The number of carbonyl (C=O) groups is 1. The summed E-state index contributed by atoms with van der Waals surface area (Å²) in [6.07, 6.45) is 6.13. The molecule has 0 spiro atoms. The molecule has 25 heavy (non-hydrogen) atoms. The SMILES string of the molecule is Cc1ccncc1-c1cc2cc(NC(=O)[C@H]3C[C@H]3C)ncc2c(N)n1. The van der Waals surface area contributed by atoms with E-state index in [0.29, 0.717) is 17.6 Å². The summed E-state index contributed by atoms with van der Waals surface area (Å²) >= 11 is 0. The molecule has 0 aromatic carbocycles. The smallest absolute Gasteiger partial charge is 0.228 e. The number of aryl methyl sites for hydroxylation is 1. The molecule has 2 atom stereocenters. The topological polar surface area (TPSA) is 93.8 Å². The van der Waals surface area contributed by atoms with Gasteiger partial charge in [-0.25, -0.2) is 9.97 Å². The van der Waals surface area contributed by atoms with Crippen molar-refractivity contribution in [3.05, 3.63) is 42.4 Å². The van der Waals surface area contributed by atoms with Gasteiger partial charge in [0, 0.05) is 35.5 Å². The van der Waals surface area contributed by atoms with E-state index in [1.54, 1.807) is 18.6 Å². The lowest BCUT2D eigenvalue weighted by Crippen LogP contribution is -2.15. The van der Waals surface area contributed by atoms with Gasteiger partial charge in [-0.15, -0.1) is 0 Å². The molecule has 3 heterocycles. The number of fused-ring (bicyclic) bond motifs is 1. The molecule has 6 nitrogen and oxygen atoms in total. The van der Waals surface area contributed by atoms with Crippen molar-refractivity contribution < 1.29 is 4.79 Å². The maximum atomic E-state index is 12.1. The number of aromatic nitrogens is 3. The van der Waals surface area contributed by atoms with Crippen molar-refractivity contribution in [2.24, 2.45) is 11.8 Å². The number of hydrogen-bond donors (Lipinski definition) is 2. The summed E-state index contributed by atoms with van der Waals surface area (Å²) in [7, 11) is 0. The predicted octanol–water partition coefficient (Wildman–Crippen LogP) is 3.18. The number of anilines is 2. The molecule has 0 saturated heterocycles. The molecule has 126 valence electrons. The molecule has 1 amide bonds. The predicted molar refractivity (Wildman–Crippen MR) is 97.8 cm³/mol. The van der Waals surface area contributed by atoms with Gasteiger partial charge in [0.05, 0.1) is 5.69 Å². The fourth-order valence-electron chi connectivity index (χ4n) is 3.02. The number of rotatable bonds is 3. The number of carbonyl (C=O) groups excluding carboxylic acids is 1. The minimum Gasteiger partial charge on any atom is -0.383 e. The van der Waals surface area contributed by atoms with Crippen molar-refractivity contribution >= 4 is 28.3 Å². The molecule has 1 saturated carbocycles. The number of amides is 1. The van der Waals surface area contributed by atoms with E-state index in [2.05, 4.69) is 27.2 Å². The monoisotopic (exact) mass is 333 g/mol. The van der Waals surface area contributed by atoms with E-state index in [4.69, 9.17) is 5.73 Å². The van der Waals surface area contributed by atoms with Crippen LogP contribution in [0.5, 0.6) is 0 Å².